The maximum absolute atomic E-state index is 11.9. The molecule has 18 heavy (non-hydrogen) atoms. The number of nitrogens with zero attached hydrogens (tertiary/aromatic N) is 2. The van der Waals surface area contributed by atoms with Gasteiger partial charge >= 0.3 is 0 Å². The molecule has 0 aliphatic heterocycles. The fraction of sp³-hybridized carbons (Fsp3) is 0.154. The predicted molar refractivity (Wildman–Crippen MR) is 69.1 cm³/mol. The number of hydrogen-bond acceptors (Lipinski definition) is 4. The molecule has 0 aliphatic rings. The zero-order valence-corrected chi connectivity index (χ0v) is 10.1. The molecule has 0 saturated carbocycles. The first kappa shape index (κ1) is 12.2. The smallest absolute Gasteiger partial charge is 0.258 e. The van der Waals surface area contributed by atoms with Crippen LogP contribution in [0, 0.1) is 6.92 Å². The lowest BCUT2D eigenvalue weighted by Crippen LogP contribution is -2.13. The van der Waals surface area contributed by atoms with Crippen molar-refractivity contribution in [3.05, 3.63) is 53.5 Å². The molecule has 3 N–H and O–H groups in total. The van der Waals surface area contributed by atoms with E-state index < -0.39 is 0 Å². The van der Waals surface area contributed by atoms with E-state index >= 15 is 0 Å². The van der Waals surface area contributed by atoms with E-state index in [4.69, 9.17) is 5.73 Å². The van der Waals surface area contributed by atoms with Gasteiger partial charge in [0.1, 0.15) is 5.82 Å². The Hall–Kier alpha value is -2.27. The molecular weight excluding hydrogens is 228 g/mol. The highest BCUT2D eigenvalue weighted by molar-refractivity contribution is 6.03. The minimum atomic E-state index is -0.223. The van der Waals surface area contributed by atoms with Gasteiger partial charge in [0, 0.05) is 25.1 Å². The number of nitrogens with two attached hydrogens (primary N) is 1. The van der Waals surface area contributed by atoms with E-state index in [1.807, 2.05) is 13.0 Å². The molecule has 0 fully saturated rings. The molecule has 1 amide bonds. The van der Waals surface area contributed by atoms with Gasteiger partial charge in [-0.2, -0.15) is 0 Å². The van der Waals surface area contributed by atoms with Gasteiger partial charge in [-0.05, 0) is 30.2 Å². The van der Waals surface area contributed by atoms with Crippen LogP contribution in [-0.2, 0) is 6.54 Å². The topological polar surface area (TPSA) is 80.9 Å². The van der Waals surface area contributed by atoms with E-state index in [-0.39, 0.29) is 5.91 Å². The average Bonchev–Trinajstić information content (AvgIpc) is 2.39. The Morgan fingerprint density at radius 2 is 2.17 bits per heavy atom. The van der Waals surface area contributed by atoms with Gasteiger partial charge < -0.3 is 11.1 Å². The van der Waals surface area contributed by atoms with Crippen LogP contribution >= 0.6 is 0 Å². The van der Waals surface area contributed by atoms with E-state index in [0.29, 0.717) is 17.9 Å². The fourth-order valence-corrected chi connectivity index (χ4v) is 1.49. The summed E-state index contributed by atoms with van der Waals surface area (Å²) in [5.74, 6) is 0.276. The maximum Gasteiger partial charge on any atom is 0.258 e. The fourth-order valence-electron chi connectivity index (χ4n) is 1.49. The number of nitrogens with one attached hydrogen (secondary N) is 1. The summed E-state index contributed by atoms with van der Waals surface area (Å²) in [7, 11) is 0. The van der Waals surface area contributed by atoms with Crippen LogP contribution < -0.4 is 11.1 Å². The van der Waals surface area contributed by atoms with Crippen LogP contribution in [0.2, 0.25) is 0 Å². The Morgan fingerprint density at radius 1 is 1.33 bits per heavy atom. The first-order chi connectivity index (χ1) is 8.69. The number of pyridine rings is 2. The summed E-state index contributed by atoms with van der Waals surface area (Å²) in [6, 6.07) is 5.33. The molecule has 0 atom stereocenters. The molecule has 5 heteroatoms. The predicted octanol–water partition coefficient (Wildman–Crippen LogP) is 1.50. The van der Waals surface area contributed by atoms with Crippen molar-refractivity contribution in [3.8, 4) is 0 Å². The van der Waals surface area contributed by atoms with Crippen molar-refractivity contribution in [1.29, 1.82) is 0 Å². The third kappa shape index (κ3) is 2.89. The molecule has 2 rings (SSSR count). The van der Waals surface area contributed by atoms with Gasteiger partial charge in [-0.25, -0.2) is 4.98 Å². The van der Waals surface area contributed by atoms with Crippen LogP contribution in [0.4, 0.5) is 5.82 Å². The number of aromatic nitrogens is 2. The Balaban J connectivity index is 2.11. The molecular formula is C13H14N4O. The van der Waals surface area contributed by atoms with Crippen molar-refractivity contribution in [3.63, 3.8) is 0 Å². The van der Waals surface area contributed by atoms with E-state index in [9.17, 15) is 4.79 Å². The summed E-state index contributed by atoms with van der Waals surface area (Å²) in [4.78, 5) is 20.0. The number of amides is 1. The van der Waals surface area contributed by atoms with E-state index in [1.54, 1.807) is 24.5 Å². The van der Waals surface area contributed by atoms with Crippen molar-refractivity contribution in [2.45, 2.75) is 13.5 Å². The molecule has 0 saturated heterocycles. The standard InChI is InChI=1S/C13H14N4O/c1-9-4-11(8-15-6-9)13(18)17-12-3-2-10(5-14)7-16-12/h2-4,6-8H,5,14H2,1H3,(H,16,17,18). The van der Waals surface area contributed by atoms with Crippen LogP contribution in [0.1, 0.15) is 21.5 Å². The molecule has 5 nitrogen and oxygen atoms in total. The number of aryl methyl sites for hydroxylation is 1. The van der Waals surface area contributed by atoms with Gasteiger partial charge in [0.2, 0.25) is 0 Å². The minimum absolute atomic E-state index is 0.223. The summed E-state index contributed by atoms with van der Waals surface area (Å²) in [5.41, 5.74) is 7.85. The number of rotatable bonds is 3. The Bertz CT molecular complexity index is 551. The van der Waals surface area contributed by atoms with Crippen molar-refractivity contribution in [1.82, 2.24) is 9.97 Å². The van der Waals surface area contributed by atoms with Crippen molar-refractivity contribution in [2.75, 3.05) is 5.32 Å². The zero-order valence-electron chi connectivity index (χ0n) is 10.1. The van der Waals surface area contributed by atoms with Gasteiger partial charge in [-0.3, -0.25) is 9.78 Å². The molecule has 2 heterocycles. The lowest BCUT2D eigenvalue weighted by Gasteiger charge is -2.05. The largest absolute Gasteiger partial charge is 0.326 e. The SMILES string of the molecule is Cc1cncc(C(=O)Nc2ccc(CN)cn2)c1. The third-order valence-corrected chi connectivity index (χ3v) is 2.44. The Labute approximate surface area is 105 Å². The maximum atomic E-state index is 11.9. The number of carbonyl (C=O) groups is 1. The second-order valence-electron chi connectivity index (χ2n) is 3.96. The van der Waals surface area contributed by atoms with Gasteiger partial charge in [-0.15, -0.1) is 0 Å². The first-order valence-electron chi connectivity index (χ1n) is 5.57. The van der Waals surface area contributed by atoms with Gasteiger partial charge in [-0.1, -0.05) is 6.07 Å². The van der Waals surface area contributed by atoms with E-state index in [1.165, 1.54) is 6.20 Å². The lowest BCUT2D eigenvalue weighted by molar-refractivity contribution is 0.102. The van der Waals surface area contributed by atoms with Crippen molar-refractivity contribution >= 4 is 11.7 Å². The van der Waals surface area contributed by atoms with Gasteiger partial charge in [0.15, 0.2) is 0 Å². The third-order valence-electron chi connectivity index (χ3n) is 2.44. The molecule has 92 valence electrons. The van der Waals surface area contributed by atoms with E-state index in [0.717, 1.165) is 11.1 Å². The summed E-state index contributed by atoms with van der Waals surface area (Å²) < 4.78 is 0. The van der Waals surface area contributed by atoms with Gasteiger partial charge in [0.25, 0.3) is 5.91 Å². The molecule has 0 radical (unpaired) electrons. The van der Waals surface area contributed by atoms with Crippen molar-refractivity contribution in [2.24, 2.45) is 5.73 Å². The Morgan fingerprint density at radius 3 is 2.78 bits per heavy atom. The van der Waals surface area contributed by atoms with Crippen LogP contribution in [0.3, 0.4) is 0 Å². The molecule has 0 spiro atoms. The normalized spacial score (nSPS) is 10.1. The molecule has 0 unspecified atom stereocenters. The summed E-state index contributed by atoms with van der Waals surface area (Å²) in [6.07, 6.45) is 4.87. The second kappa shape index (κ2) is 5.37. The van der Waals surface area contributed by atoms with Crippen LogP contribution in [0.25, 0.3) is 0 Å². The number of anilines is 1. The van der Waals surface area contributed by atoms with Crippen LogP contribution in [0.5, 0.6) is 0 Å². The molecule has 2 aromatic heterocycles. The quantitative estimate of drug-likeness (QED) is 0.854. The average molecular weight is 242 g/mol. The molecule has 2 aromatic rings. The summed E-state index contributed by atoms with van der Waals surface area (Å²) in [5, 5.41) is 2.71. The Kier molecular flexibility index (Phi) is 3.64. The van der Waals surface area contributed by atoms with Gasteiger partial charge in [0.05, 0.1) is 5.56 Å². The lowest BCUT2D eigenvalue weighted by atomic mass is 10.2. The number of hydrogen-bond donors (Lipinski definition) is 2. The van der Waals surface area contributed by atoms with E-state index in [2.05, 4.69) is 15.3 Å². The van der Waals surface area contributed by atoms with Crippen LogP contribution in [0.15, 0.2) is 36.8 Å². The second-order valence-corrected chi connectivity index (χ2v) is 3.96. The molecule has 0 aliphatic carbocycles. The van der Waals surface area contributed by atoms with Crippen LogP contribution in [-0.4, -0.2) is 15.9 Å². The monoisotopic (exact) mass is 242 g/mol. The first-order valence-corrected chi connectivity index (χ1v) is 5.57. The summed E-state index contributed by atoms with van der Waals surface area (Å²) >= 11 is 0. The summed E-state index contributed by atoms with van der Waals surface area (Å²) in [6.45, 7) is 2.32. The van der Waals surface area contributed by atoms with Crippen molar-refractivity contribution < 1.29 is 4.79 Å². The number of carbonyl (C=O) groups excluding carboxylic acids is 1. The highest BCUT2D eigenvalue weighted by Crippen LogP contribution is 2.08. The minimum Gasteiger partial charge on any atom is -0.326 e. The molecule has 0 aromatic carbocycles. The highest BCUT2D eigenvalue weighted by Gasteiger charge is 2.07. The molecule has 0 bridgehead atoms. The zero-order chi connectivity index (χ0) is 13.0. The highest BCUT2D eigenvalue weighted by atomic mass is 16.1.